The Bertz CT molecular complexity index is 450. The SMILES string of the molecule is C#CCCc1ccc(-n2cncn2)nc1. The molecule has 0 aliphatic heterocycles. The summed E-state index contributed by atoms with van der Waals surface area (Å²) in [7, 11) is 0. The Morgan fingerprint density at radius 2 is 2.33 bits per heavy atom. The molecular formula is C11H10N4. The van der Waals surface area contributed by atoms with Gasteiger partial charge in [0.15, 0.2) is 5.82 Å². The molecule has 0 atom stereocenters. The summed E-state index contributed by atoms with van der Waals surface area (Å²) in [6.07, 6.45) is 11.7. The predicted octanol–water partition coefficient (Wildman–Crippen LogP) is 1.23. The van der Waals surface area contributed by atoms with Gasteiger partial charge in [-0.25, -0.2) is 14.6 Å². The highest BCUT2D eigenvalue weighted by molar-refractivity contribution is 5.24. The molecule has 0 fully saturated rings. The molecule has 0 aromatic carbocycles. The van der Waals surface area contributed by atoms with E-state index >= 15 is 0 Å². The lowest BCUT2D eigenvalue weighted by molar-refractivity contribution is 0.840. The van der Waals surface area contributed by atoms with E-state index in [2.05, 4.69) is 21.0 Å². The van der Waals surface area contributed by atoms with Gasteiger partial charge < -0.3 is 0 Å². The van der Waals surface area contributed by atoms with Crippen LogP contribution in [0.3, 0.4) is 0 Å². The van der Waals surface area contributed by atoms with Crippen molar-refractivity contribution in [3.63, 3.8) is 0 Å². The summed E-state index contributed by atoms with van der Waals surface area (Å²) in [5, 5.41) is 3.99. The number of pyridine rings is 1. The summed E-state index contributed by atoms with van der Waals surface area (Å²) in [6, 6.07) is 3.90. The Kier molecular flexibility index (Phi) is 2.75. The molecule has 4 nitrogen and oxygen atoms in total. The highest BCUT2D eigenvalue weighted by atomic mass is 15.3. The van der Waals surface area contributed by atoms with E-state index in [1.807, 2.05) is 18.3 Å². The highest BCUT2D eigenvalue weighted by Gasteiger charge is 1.98. The van der Waals surface area contributed by atoms with Gasteiger partial charge in [-0.15, -0.1) is 12.3 Å². The molecule has 0 saturated carbocycles. The predicted molar refractivity (Wildman–Crippen MR) is 56.3 cm³/mol. The van der Waals surface area contributed by atoms with E-state index in [0.717, 1.165) is 24.2 Å². The minimum atomic E-state index is 0.740. The average molecular weight is 198 g/mol. The third-order valence-electron chi connectivity index (χ3n) is 2.02. The molecular weight excluding hydrogens is 188 g/mol. The van der Waals surface area contributed by atoms with Crippen LogP contribution >= 0.6 is 0 Å². The van der Waals surface area contributed by atoms with E-state index in [-0.39, 0.29) is 0 Å². The number of hydrogen-bond acceptors (Lipinski definition) is 3. The van der Waals surface area contributed by atoms with Gasteiger partial charge in [-0.3, -0.25) is 0 Å². The Labute approximate surface area is 88.0 Å². The summed E-state index contributed by atoms with van der Waals surface area (Å²) in [6.45, 7) is 0. The first-order valence-electron chi connectivity index (χ1n) is 4.63. The molecule has 0 saturated heterocycles. The van der Waals surface area contributed by atoms with Gasteiger partial charge in [-0.1, -0.05) is 6.07 Å². The van der Waals surface area contributed by atoms with E-state index in [0.29, 0.717) is 0 Å². The third-order valence-corrected chi connectivity index (χ3v) is 2.02. The van der Waals surface area contributed by atoms with Gasteiger partial charge in [0, 0.05) is 12.6 Å². The van der Waals surface area contributed by atoms with Crippen molar-refractivity contribution in [2.75, 3.05) is 0 Å². The molecule has 2 rings (SSSR count). The molecule has 0 unspecified atom stereocenters. The van der Waals surface area contributed by atoms with Gasteiger partial charge in [0.25, 0.3) is 0 Å². The largest absolute Gasteiger partial charge is 0.237 e. The zero-order valence-electron chi connectivity index (χ0n) is 8.17. The van der Waals surface area contributed by atoms with Gasteiger partial charge >= 0.3 is 0 Å². The van der Waals surface area contributed by atoms with Crippen LogP contribution in [0.4, 0.5) is 0 Å². The number of hydrogen-bond donors (Lipinski definition) is 0. The average Bonchev–Trinajstić information content (AvgIpc) is 2.80. The molecule has 0 amide bonds. The molecule has 0 radical (unpaired) electrons. The summed E-state index contributed by atoms with van der Waals surface area (Å²) in [4.78, 5) is 8.12. The van der Waals surface area contributed by atoms with Crippen LogP contribution in [0, 0.1) is 12.3 Å². The first-order chi connectivity index (χ1) is 7.40. The molecule has 2 aromatic rings. The van der Waals surface area contributed by atoms with Gasteiger partial charge in [0.1, 0.15) is 12.7 Å². The first-order valence-corrected chi connectivity index (χ1v) is 4.63. The monoisotopic (exact) mass is 198 g/mol. The van der Waals surface area contributed by atoms with E-state index in [9.17, 15) is 0 Å². The molecule has 0 bridgehead atoms. The van der Waals surface area contributed by atoms with Crippen molar-refractivity contribution in [3.05, 3.63) is 36.5 Å². The summed E-state index contributed by atoms with van der Waals surface area (Å²) in [5.41, 5.74) is 1.14. The fraction of sp³-hybridized carbons (Fsp3) is 0.182. The maximum Gasteiger partial charge on any atom is 0.155 e. The van der Waals surface area contributed by atoms with Crippen LogP contribution in [0.5, 0.6) is 0 Å². The van der Waals surface area contributed by atoms with Crippen molar-refractivity contribution < 1.29 is 0 Å². The normalized spacial score (nSPS) is 9.80. The van der Waals surface area contributed by atoms with Crippen LogP contribution in [-0.2, 0) is 6.42 Å². The second kappa shape index (κ2) is 4.38. The summed E-state index contributed by atoms with van der Waals surface area (Å²) >= 11 is 0. The highest BCUT2D eigenvalue weighted by Crippen LogP contribution is 2.05. The molecule has 0 aliphatic carbocycles. The Hall–Kier alpha value is -2.15. The first kappa shape index (κ1) is 9.41. The van der Waals surface area contributed by atoms with Crippen molar-refractivity contribution >= 4 is 0 Å². The zero-order chi connectivity index (χ0) is 10.5. The summed E-state index contributed by atoms with van der Waals surface area (Å²) in [5.74, 6) is 3.36. The van der Waals surface area contributed by atoms with Crippen molar-refractivity contribution in [2.24, 2.45) is 0 Å². The minimum Gasteiger partial charge on any atom is -0.237 e. The molecule has 2 heterocycles. The molecule has 74 valence electrons. The van der Waals surface area contributed by atoms with Gasteiger partial charge in [0.2, 0.25) is 0 Å². The second-order valence-electron chi connectivity index (χ2n) is 3.07. The maximum absolute atomic E-state index is 5.19. The number of aryl methyl sites for hydroxylation is 1. The molecule has 0 aliphatic rings. The van der Waals surface area contributed by atoms with Crippen molar-refractivity contribution in [2.45, 2.75) is 12.8 Å². The third kappa shape index (κ3) is 2.20. The van der Waals surface area contributed by atoms with Gasteiger partial charge in [0.05, 0.1) is 0 Å². The van der Waals surface area contributed by atoms with Gasteiger partial charge in [-0.05, 0) is 18.1 Å². The lowest BCUT2D eigenvalue weighted by atomic mass is 10.2. The Morgan fingerprint density at radius 1 is 1.40 bits per heavy atom. The van der Waals surface area contributed by atoms with Crippen LogP contribution in [-0.4, -0.2) is 19.7 Å². The Balaban J connectivity index is 2.15. The fourth-order valence-electron chi connectivity index (χ4n) is 1.24. The fourth-order valence-corrected chi connectivity index (χ4v) is 1.24. The lowest BCUT2D eigenvalue weighted by Gasteiger charge is -2.00. The number of nitrogens with zero attached hydrogens (tertiary/aromatic N) is 4. The van der Waals surface area contributed by atoms with Crippen LogP contribution in [0.1, 0.15) is 12.0 Å². The van der Waals surface area contributed by atoms with Crippen LogP contribution in [0.15, 0.2) is 31.0 Å². The zero-order valence-corrected chi connectivity index (χ0v) is 8.17. The van der Waals surface area contributed by atoms with E-state index in [1.165, 1.54) is 6.33 Å². The molecule has 0 N–H and O–H groups in total. The molecule has 0 spiro atoms. The number of terminal acetylenes is 1. The van der Waals surface area contributed by atoms with Crippen LogP contribution in [0.25, 0.3) is 5.82 Å². The van der Waals surface area contributed by atoms with Crippen molar-refractivity contribution in [3.8, 4) is 18.2 Å². The van der Waals surface area contributed by atoms with Gasteiger partial charge in [-0.2, -0.15) is 5.10 Å². The standard InChI is InChI=1S/C11H10N4/c1-2-3-4-10-5-6-11(13-7-10)15-9-12-8-14-15/h1,5-9H,3-4H2. The van der Waals surface area contributed by atoms with E-state index < -0.39 is 0 Å². The van der Waals surface area contributed by atoms with Crippen molar-refractivity contribution in [1.29, 1.82) is 0 Å². The quantitative estimate of drug-likeness (QED) is 0.697. The van der Waals surface area contributed by atoms with Crippen molar-refractivity contribution in [1.82, 2.24) is 19.7 Å². The minimum absolute atomic E-state index is 0.740. The summed E-state index contributed by atoms with van der Waals surface area (Å²) < 4.78 is 1.62. The number of rotatable bonds is 3. The lowest BCUT2D eigenvalue weighted by Crippen LogP contribution is -1.98. The molecule has 2 aromatic heterocycles. The van der Waals surface area contributed by atoms with E-state index in [1.54, 1.807) is 11.0 Å². The Morgan fingerprint density at radius 3 is 2.93 bits per heavy atom. The number of aromatic nitrogens is 4. The van der Waals surface area contributed by atoms with Crippen LogP contribution in [0.2, 0.25) is 0 Å². The topological polar surface area (TPSA) is 43.6 Å². The maximum atomic E-state index is 5.19. The molecule has 4 heteroatoms. The molecule has 15 heavy (non-hydrogen) atoms. The van der Waals surface area contributed by atoms with Crippen LogP contribution < -0.4 is 0 Å². The second-order valence-corrected chi connectivity index (χ2v) is 3.07. The smallest absolute Gasteiger partial charge is 0.155 e. The van der Waals surface area contributed by atoms with E-state index in [4.69, 9.17) is 6.42 Å².